The molecule has 0 heterocycles. The Morgan fingerprint density at radius 1 is 1.64 bits per heavy atom. The summed E-state index contributed by atoms with van der Waals surface area (Å²) in [5.74, 6) is -0.227. The minimum atomic E-state index is -0.818. The molecule has 2 nitrogen and oxygen atoms in total. The smallest absolute Gasteiger partial charge is 0.331 e. The first-order valence-corrected chi connectivity index (χ1v) is 4.24. The van der Waals surface area contributed by atoms with Crippen molar-refractivity contribution >= 4 is 17.6 Å². The molecule has 0 saturated heterocycles. The first-order chi connectivity index (χ1) is 5.22. The Morgan fingerprint density at radius 3 is 2.64 bits per heavy atom. The van der Waals surface area contributed by atoms with Crippen LogP contribution in [-0.4, -0.2) is 17.0 Å². The van der Waals surface area contributed by atoms with Crippen LogP contribution in [0.2, 0.25) is 0 Å². The van der Waals surface area contributed by atoms with Crippen molar-refractivity contribution in [1.29, 1.82) is 0 Å². The van der Waals surface area contributed by atoms with E-state index in [1.807, 2.05) is 6.92 Å². The van der Waals surface area contributed by atoms with E-state index in [0.717, 1.165) is 12.8 Å². The number of carboxylic acid groups (broad SMARTS) is 1. The van der Waals surface area contributed by atoms with Gasteiger partial charge in [0, 0.05) is 11.5 Å². The number of hydrogen-bond donors (Lipinski definition) is 1. The topological polar surface area (TPSA) is 37.3 Å². The number of rotatable bonds is 5. The predicted molar refractivity (Wildman–Crippen MR) is 46.0 cm³/mol. The van der Waals surface area contributed by atoms with Crippen LogP contribution in [0, 0.1) is 0 Å². The van der Waals surface area contributed by atoms with Crippen molar-refractivity contribution < 1.29 is 9.90 Å². The molecular weight excluding hydrogens is 164 g/mol. The summed E-state index contributed by atoms with van der Waals surface area (Å²) >= 11 is 5.43. The van der Waals surface area contributed by atoms with Gasteiger partial charge in [0.2, 0.25) is 0 Å². The van der Waals surface area contributed by atoms with Gasteiger partial charge in [-0.3, -0.25) is 0 Å². The number of allylic oxidation sites excluding steroid dienone is 1. The van der Waals surface area contributed by atoms with E-state index in [1.54, 1.807) is 6.08 Å². The van der Waals surface area contributed by atoms with E-state index >= 15 is 0 Å². The van der Waals surface area contributed by atoms with Gasteiger partial charge >= 0.3 is 5.97 Å². The fraction of sp³-hybridized carbons (Fsp3) is 0.625. The highest BCUT2D eigenvalue weighted by Crippen LogP contribution is 2.04. The summed E-state index contributed by atoms with van der Waals surface area (Å²) < 4.78 is 0. The molecule has 0 bridgehead atoms. The molecule has 0 unspecified atom stereocenters. The highest BCUT2D eigenvalue weighted by Gasteiger charge is 2.01. The summed E-state index contributed by atoms with van der Waals surface area (Å²) in [4.78, 5) is 10.4. The number of alkyl halides is 1. The van der Waals surface area contributed by atoms with Gasteiger partial charge in [0.05, 0.1) is 0 Å². The Hall–Kier alpha value is -0.500. The van der Waals surface area contributed by atoms with Gasteiger partial charge in [-0.1, -0.05) is 13.0 Å². The van der Waals surface area contributed by atoms with Gasteiger partial charge < -0.3 is 5.11 Å². The van der Waals surface area contributed by atoms with Gasteiger partial charge in [0.1, 0.15) is 0 Å². The van der Waals surface area contributed by atoms with Gasteiger partial charge in [-0.2, -0.15) is 0 Å². The first-order valence-electron chi connectivity index (χ1n) is 3.70. The highest BCUT2D eigenvalue weighted by atomic mass is 35.5. The number of aliphatic carboxylic acids is 1. The molecule has 0 atom stereocenters. The normalized spacial score (nSPS) is 11.6. The van der Waals surface area contributed by atoms with Crippen LogP contribution in [-0.2, 0) is 4.79 Å². The second-order valence-electron chi connectivity index (χ2n) is 2.22. The lowest BCUT2D eigenvalue weighted by Crippen LogP contribution is -1.98. The summed E-state index contributed by atoms with van der Waals surface area (Å²) in [5, 5.41) is 8.57. The molecule has 0 radical (unpaired) electrons. The molecular formula is C8H13ClO2. The first kappa shape index (κ1) is 10.5. The molecule has 11 heavy (non-hydrogen) atoms. The van der Waals surface area contributed by atoms with Crippen LogP contribution in [0.15, 0.2) is 11.6 Å². The number of halogens is 1. The second kappa shape index (κ2) is 6.23. The van der Waals surface area contributed by atoms with E-state index in [1.165, 1.54) is 0 Å². The third-order valence-corrected chi connectivity index (χ3v) is 1.65. The van der Waals surface area contributed by atoms with Crippen LogP contribution < -0.4 is 0 Å². The molecule has 0 aromatic rings. The maximum absolute atomic E-state index is 10.4. The molecule has 0 spiro atoms. The fourth-order valence-electron chi connectivity index (χ4n) is 0.736. The minimum Gasteiger partial charge on any atom is -0.478 e. The second-order valence-corrected chi connectivity index (χ2v) is 2.60. The number of carbonyl (C=O) groups is 1. The molecule has 0 aromatic heterocycles. The van der Waals surface area contributed by atoms with Gasteiger partial charge in [-0.25, -0.2) is 4.79 Å². The van der Waals surface area contributed by atoms with Crippen molar-refractivity contribution in [3.63, 3.8) is 0 Å². The van der Waals surface area contributed by atoms with Crippen LogP contribution >= 0.6 is 11.6 Å². The average Bonchev–Trinajstić information content (AvgIpc) is 1.97. The Balaban J connectivity index is 3.81. The van der Waals surface area contributed by atoms with Gasteiger partial charge in [0.15, 0.2) is 0 Å². The lowest BCUT2D eigenvalue weighted by atomic mass is 10.1. The summed E-state index contributed by atoms with van der Waals surface area (Å²) in [5.41, 5.74) is 0.482. The average molecular weight is 177 g/mol. The van der Waals surface area contributed by atoms with E-state index in [0.29, 0.717) is 17.9 Å². The molecule has 0 rings (SSSR count). The number of hydrogen-bond acceptors (Lipinski definition) is 1. The SMILES string of the molecule is CCC(=CCCCCl)C(=O)O. The van der Waals surface area contributed by atoms with Gasteiger partial charge in [-0.05, 0) is 19.3 Å². The van der Waals surface area contributed by atoms with Crippen molar-refractivity contribution in [1.82, 2.24) is 0 Å². The zero-order chi connectivity index (χ0) is 8.69. The fourth-order valence-corrected chi connectivity index (χ4v) is 0.891. The Bertz CT molecular complexity index is 152. The van der Waals surface area contributed by atoms with Crippen molar-refractivity contribution in [2.75, 3.05) is 5.88 Å². The van der Waals surface area contributed by atoms with E-state index < -0.39 is 5.97 Å². The zero-order valence-electron chi connectivity index (χ0n) is 6.64. The molecule has 64 valence electrons. The standard InChI is InChI=1S/C8H13ClO2/c1-2-7(8(10)11)5-3-4-6-9/h5H,2-4,6H2,1H3,(H,10,11). The minimum absolute atomic E-state index is 0.482. The van der Waals surface area contributed by atoms with Crippen molar-refractivity contribution in [2.45, 2.75) is 26.2 Å². The van der Waals surface area contributed by atoms with Crippen LogP contribution in [0.5, 0.6) is 0 Å². The summed E-state index contributed by atoms with van der Waals surface area (Å²) in [7, 11) is 0. The van der Waals surface area contributed by atoms with Crippen LogP contribution in [0.1, 0.15) is 26.2 Å². The van der Waals surface area contributed by atoms with E-state index in [4.69, 9.17) is 16.7 Å². The maximum Gasteiger partial charge on any atom is 0.331 e. The maximum atomic E-state index is 10.4. The van der Waals surface area contributed by atoms with Crippen LogP contribution in [0.3, 0.4) is 0 Å². The third-order valence-electron chi connectivity index (χ3n) is 1.38. The number of unbranched alkanes of at least 4 members (excludes halogenated alkanes) is 1. The summed E-state index contributed by atoms with van der Waals surface area (Å²) in [6.07, 6.45) is 3.93. The molecule has 0 amide bonds. The van der Waals surface area contributed by atoms with E-state index in [9.17, 15) is 4.79 Å². The molecule has 1 N–H and O–H groups in total. The van der Waals surface area contributed by atoms with Crippen molar-refractivity contribution in [2.24, 2.45) is 0 Å². The Kier molecular flexibility index (Phi) is 5.94. The molecule has 0 aromatic carbocycles. The third kappa shape index (κ3) is 4.85. The molecule has 0 aliphatic rings. The largest absolute Gasteiger partial charge is 0.478 e. The molecule has 3 heteroatoms. The zero-order valence-corrected chi connectivity index (χ0v) is 7.40. The van der Waals surface area contributed by atoms with Crippen molar-refractivity contribution in [3.05, 3.63) is 11.6 Å². The monoisotopic (exact) mass is 176 g/mol. The predicted octanol–water partition coefficient (Wildman–Crippen LogP) is 2.43. The van der Waals surface area contributed by atoms with Gasteiger partial charge in [-0.15, -0.1) is 11.6 Å². The van der Waals surface area contributed by atoms with E-state index in [-0.39, 0.29) is 0 Å². The summed E-state index contributed by atoms with van der Waals surface area (Å²) in [6.45, 7) is 1.83. The van der Waals surface area contributed by atoms with Crippen LogP contribution in [0.25, 0.3) is 0 Å². The van der Waals surface area contributed by atoms with E-state index in [2.05, 4.69) is 0 Å². The molecule has 0 saturated carbocycles. The molecule has 0 fully saturated rings. The number of carboxylic acids is 1. The Labute approximate surface area is 71.9 Å². The lowest BCUT2D eigenvalue weighted by molar-refractivity contribution is -0.132. The summed E-state index contributed by atoms with van der Waals surface area (Å²) in [6, 6.07) is 0. The van der Waals surface area contributed by atoms with Crippen LogP contribution in [0.4, 0.5) is 0 Å². The highest BCUT2D eigenvalue weighted by molar-refractivity contribution is 6.17. The lowest BCUT2D eigenvalue weighted by Gasteiger charge is -1.95. The Morgan fingerprint density at radius 2 is 2.27 bits per heavy atom. The molecule has 0 aliphatic carbocycles. The van der Waals surface area contributed by atoms with Crippen molar-refractivity contribution in [3.8, 4) is 0 Å². The van der Waals surface area contributed by atoms with Gasteiger partial charge in [0.25, 0.3) is 0 Å². The quantitative estimate of drug-likeness (QED) is 0.397. The molecule has 0 aliphatic heterocycles.